The maximum atomic E-state index is 10.3. The van der Waals surface area contributed by atoms with Crippen LogP contribution in [0.5, 0.6) is 0 Å². The van der Waals surface area contributed by atoms with Gasteiger partial charge >= 0.3 is 5.97 Å². The second-order valence-corrected chi connectivity index (χ2v) is 6.24. The highest BCUT2D eigenvalue weighted by Gasteiger charge is 1.97. The number of unbranched alkanes of at least 4 members (excludes halogenated alkanes) is 4. The number of hydrogen-bond acceptors (Lipinski definition) is 2. The first-order valence-electron chi connectivity index (χ1n) is 9.68. The molecule has 0 spiro atoms. The van der Waals surface area contributed by atoms with Crippen LogP contribution in [0.1, 0.15) is 77.6 Å². The van der Waals surface area contributed by atoms with Gasteiger partial charge in [-0.1, -0.05) is 74.8 Å². The molecule has 0 aliphatic heterocycles. The van der Waals surface area contributed by atoms with Crippen molar-refractivity contribution in [1.29, 1.82) is 0 Å². The van der Waals surface area contributed by atoms with Gasteiger partial charge in [-0.05, 0) is 44.9 Å². The first kappa shape index (κ1) is 23.4. The fourth-order valence-electron chi connectivity index (χ4n) is 2.29. The lowest BCUT2D eigenvalue weighted by Crippen LogP contribution is -2.01. The number of rotatable bonds is 16. The number of aliphatic hydroxyl groups is 1. The fraction of sp³-hybridized carbons (Fsp3) is 0.591. The summed E-state index contributed by atoms with van der Waals surface area (Å²) >= 11 is 0. The van der Waals surface area contributed by atoms with Crippen molar-refractivity contribution in [1.82, 2.24) is 0 Å². The van der Waals surface area contributed by atoms with Gasteiger partial charge in [-0.2, -0.15) is 0 Å². The van der Waals surface area contributed by atoms with Gasteiger partial charge in [0.05, 0.1) is 6.10 Å². The summed E-state index contributed by atoms with van der Waals surface area (Å²) in [5.74, 6) is -0.746. The lowest BCUT2D eigenvalue weighted by atomic mass is 10.1. The smallest absolute Gasteiger partial charge is 0.303 e. The van der Waals surface area contributed by atoms with Gasteiger partial charge in [0.2, 0.25) is 0 Å². The Kier molecular flexibility index (Phi) is 17.5. The standard InChI is InChI=1S/C22H36O3/c1-2-3-15-18-21(23)19-16-13-11-9-7-5-4-6-8-10-12-14-17-20-22(24)25/h5-8,12,14,16,19,21,23H,2-4,9-11,13,15,17-18,20H2,1H3,(H,24,25)/b7-5-,8-6-,14-12-,19-16+/t21-/m1/s1. The number of carbonyl (C=O) groups is 1. The Morgan fingerprint density at radius 3 is 2.08 bits per heavy atom. The van der Waals surface area contributed by atoms with Gasteiger partial charge in [0.25, 0.3) is 0 Å². The van der Waals surface area contributed by atoms with Crippen molar-refractivity contribution < 1.29 is 15.0 Å². The molecule has 0 bridgehead atoms. The van der Waals surface area contributed by atoms with E-state index in [0.717, 1.165) is 44.9 Å². The zero-order valence-electron chi connectivity index (χ0n) is 15.8. The quantitative estimate of drug-likeness (QED) is 0.267. The van der Waals surface area contributed by atoms with Crippen LogP contribution < -0.4 is 0 Å². The van der Waals surface area contributed by atoms with Crippen molar-refractivity contribution in [3.8, 4) is 0 Å². The zero-order valence-corrected chi connectivity index (χ0v) is 15.8. The highest BCUT2D eigenvalue weighted by Crippen LogP contribution is 2.06. The molecule has 0 heterocycles. The minimum Gasteiger partial charge on any atom is -0.481 e. The summed E-state index contributed by atoms with van der Waals surface area (Å²) in [6.07, 6.45) is 26.5. The topological polar surface area (TPSA) is 57.5 Å². The number of aliphatic hydroxyl groups excluding tert-OH is 1. The minimum atomic E-state index is -0.746. The molecular formula is C22H36O3. The largest absolute Gasteiger partial charge is 0.481 e. The van der Waals surface area contributed by atoms with Crippen molar-refractivity contribution >= 4 is 5.97 Å². The number of carboxylic acids is 1. The molecular weight excluding hydrogens is 312 g/mol. The summed E-state index contributed by atoms with van der Waals surface area (Å²) in [7, 11) is 0. The summed E-state index contributed by atoms with van der Waals surface area (Å²) in [4.78, 5) is 10.3. The summed E-state index contributed by atoms with van der Waals surface area (Å²) in [6, 6.07) is 0. The highest BCUT2D eigenvalue weighted by molar-refractivity contribution is 5.66. The van der Waals surface area contributed by atoms with E-state index in [0.29, 0.717) is 6.42 Å². The molecule has 142 valence electrons. The average Bonchev–Trinajstić information content (AvgIpc) is 2.58. The molecule has 0 radical (unpaired) electrons. The Hall–Kier alpha value is -1.61. The van der Waals surface area contributed by atoms with Crippen LogP contribution >= 0.6 is 0 Å². The molecule has 0 aliphatic carbocycles. The molecule has 0 amide bonds. The van der Waals surface area contributed by atoms with Gasteiger partial charge in [0.1, 0.15) is 0 Å². The summed E-state index contributed by atoms with van der Waals surface area (Å²) < 4.78 is 0. The summed E-state index contributed by atoms with van der Waals surface area (Å²) in [5, 5.41) is 18.3. The van der Waals surface area contributed by atoms with E-state index in [1.165, 1.54) is 12.8 Å². The van der Waals surface area contributed by atoms with Crippen LogP contribution in [-0.2, 0) is 4.79 Å². The lowest BCUT2D eigenvalue weighted by molar-refractivity contribution is -0.136. The second-order valence-electron chi connectivity index (χ2n) is 6.24. The second kappa shape index (κ2) is 18.7. The van der Waals surface area contributed by atoms with E-state index in [1.54, 1.807) is 0 Å². The maximum absolute atomic E-state index is 10.3. The Morgan fingerprint density at radius 2 is 1.44 bits per heavy atom. The third-order valence-corrected chi connectivity index (χ3v) is 3.77. The van der Waals surface area contributed by atoms with E-state index < -0.39 is 5.97 Å². The Labute approximate surface area is 153 Å². The molecule has 0 fully saturated rings. The average molecular weight is 349 g/mol. The zero-order chi connectivity index (χ0) is 18.6. The van der Waals surface area contributed by atoms with Crippen LogP contribution in [0, 0.1) is 0 Å². The van der Waals surface area contributed by atoms with Gasteiger partial charge < -0.3 is 10.2 Å². The molecule has 0 rings (SSSR count). The maximum Gasteiger partial charge on any atom is 0.303 e. The molecule has 0 aliphatic rings. The summed E-state index contributed by atoms with van der Waals surface area (Å²) in [5.41, 5.74) is 0. The molecule has 0 aromatic carbocycles. The van der Waals surface area contributed by atoms with E-state index >= 15 is 0 Å². The molecule has 0 saturated carbocycles. The molecule has 0 unspecified atom stereocenters. The summed E-state index contributed by atoms with van der Waals surface area (Å²) in [6.45, 7) is 2.17. The molecule has 3 heteroatoms. The van der Waals surface area contributed by atoms with Crippen molar-refractivity contribution in [3.05, 3.63) is 48.6 Å². The number of hydrogen-bond donors (Lipinski definition) is 2. The Morgan fingerprint density at radius 1 is 0.840 bits per heavy atom. The first-order valence-corrected chi connectivity index (χ1v) is 9.68. The monoisotopic (exact) mass is 348 g/mol. The van der Waals surface area contributed by atoms with Crippen LogP contribution in [0.15, 0.2) is 48.6 Å². The predicted molar refractivity (Wildman–Crippen MR) is 107 cm³/mol. The first-order chi connectivity index (χ1) is 12.2. The van der Waals surface area contributed by atoms with E-state index in [9.17, 15) is 9.90 Å². The predicted octanol–water partition coefficient (Wildman–Crippen LogP) is 5.97. The fourth-order valence-corrected chi connectivity index (χ4v) is 2.29. The van der Waals surface area contributed by atoms with Crippen LogP contribution in [0.2, 0.25) is 0 Å². The molecule has 3 nitrogen and oxygen atoms in total. The normalized spacial score (nSPS) is 13.7. The number of aliphatic carboxylic acids is 1. The van der Waals surface area contributed by atoms with Crippen molar-refractivity contribution in [2.24, 2.45) is 0 Å². The van der Waals surface area contributed by atoms with E-state index in [-0.39, 0.29) is 12.5 Å². The molecule has 0 saturated heterocycles. The molecule has 2 N–H and O–H groups in total. The molecule has 25 heavy (non-hydrogen) atoms. The van der Waals surface area contributed by atoms with Crippen molar-refractivity contribution in [2.75, 3.05) is 0 Å². The highest BCUT2D eigenvalue weighted by atomic mass is 16.4. The number of allylic oxidation sites excluding steroid dienone is 7. The lowest BCUT2D eigenvalue weighted by Gasteiger charge is -2.03. The van der Waals surface area contributed by atoms with Gasteiger partial charge in [-0.15, -0.1) is 0 Å². The molecule has 1 atom stereocenters. The van der Waals surface area contributed by atoms with Gasteiger partial charge in [-0.3, -0.25) is 4.79 Å². The van der Waals surface area contributed by atoms with Crippen molar-refractivity contribution in [3.63, 3.8) is 0 Å². The molecule has 0 aromatic heterocycles. The van der Waals surface area contributed by atoms with E-state index in [4.69, 9.17) is 5.11 Å². The van der Waals surface area contributed by atoms with Crippen LogP contribution in [0.4, 0.5) is 0 Å². The van der Waals surface area contributed by atoms with Gasteiger partial charge in [-0.25, -0.2) is 0 Å². The van der Waals surface area contributed by atoms with Crippen LogP contribution in [0.3, 0.4) is 0 Å². The number of carboxylic acid groups (broad SMARTS) is 1. The van der Waals surface area contributed by atoms with Crippen LogP contribution in [-0.4, -0.2) is 22.3 Å². The van der Waals surface area contributed by atoms with Crippen LogP contribution in [0.25, 0.3) is 0 Å². The SMILES string of the molecule is CCCCC[C@@H](O)/C=C/CCC/C=C\C/C=C\C/C=C\CCC(=O)O. The Bertz CT molecular complexity index is 419. The minimum absolute atomic E-state index is 0.204. The van der Waals surface area contributed by atoms with E-state index in [1.807, 2.05) is 18.2 Å². The third-order valence-electron chi connectivity index (χ3n) is 3.77. The van der Waals surface area contributed by atoms with Gasteiger partial charge in [0, 0.05) is 6.42 Å². The van der Waals surface area contributed by atoms with Crippen molar-refractivity contribution in [2.45, 2.75) is 83.7 Å². The molecule has 0 aromatic rings. The van der Waals surface area contributed by atoms with E-state index in [2.05, 4.69) is 37.3 Å². The van der Waals surface area contributed by atoms with Gasteiger partial charge in [0.15, 0.2) is 0 Å². The third kappa shape index (κ3) is 20.3. The Balaban J connectivity index is 3.48.